The summed E-state index contributed by atoms with van der Waals surface area (Å²) in [7, 11) is 0. The van der Waals surface area contributed by atoms with E-state index in [-0.39, 0.29) is 29.6 Å². The van der Waals surface area contributed by atoms with Crippen LogP contribution >= 0.6 is 0 Å². The van der Waals surface area contributed by atoms with Gasteiger partial charge in [-0.05, 0) is 5.21 Å². The van der Waals surface area contributed by atoms with Crippen molar-refractivity contribution in [1.29, 1.82) is 0 Å². The molecule has 0 unspecified atom stereocenters. The van der Waals surface area contributed by atoms with E-state index in [0.29, 0.717) is 0 Å². The molecule has 1 aromatic heterocycles. The van der Waals surface area contributed by atoms with Crippen LogP contribution in [0.3, 0.4) is 0 Å². The summed E-state index contributed by atoms with van der Waals surface area (Å²) in [6.07, 6.45) is -4.49. The molecule has 1 rings (SSSR count). The summed E-state index contributed by atoms with van der Waals surface area (Å²) in [5, 5.41) is 9.85. The van der Waals surface area contributed by atoms with E-state index in [9.17, 15) is 13.2 Å². The van der Waals surface area contributed by atoms with Gasteiger partial charge in [-0.2, -0.15) is 18.4 Å². The first kappa shape index (κ1) is 9.86. The Balaban J connectivity index is 0.000000810. The average Bonchev–Trinajstić information content (AvgIpc) is 2.08. The van der Waals surface area contributed by atoms with Gasteiger partial charge in [-0.15, -0.1) is 10.2 Å². The predicted octanol–water partition coefficient (Wildman–Crippen LogP) is -0.162. The molecule has 0 fully saturated rings. The Morgan fingerprint density at radius 1 is 1.30 bits per heavy atom. The number of aromatic nitrogens is 4. The molecule has 0 aromatic carbocycles. The van der Waals surface area contributed by atoms with Crippen LogP contribution < -0.4 is 0 Å². The molecular weight excluding hydrogens is 160 g/mol. The Bertz CT molecular complexity index is 181. The molecule has 1 aromatic rings. The van der Waals surface area contributed by atoms with Crippen molar-refractivity contribution < 1.29 is 13.2 Å². The SMILES string of the molecule is FC(F)(F)c1nn[nH]n1.[Na]. The molecule has 0 amide bonds. The first-order valence-corrected chi connectivity index (χ1v) is 1.91. The molecule has 0 bridgehead atoms. The van der Waals surface area contributed by atoms with Gasteiger partial charge in [0, 0.05) is 29.6 Å². The minimum Gasteiger partial charge on any atom is -0.177 e. The smallest absolute Gasteiger partial charge is 0.177 e. The largest absolute Gasteiger partial charge is 0.455 e. The monoisotopic (exact) mass is 161 g/mol. The number of alkyl halides is 3. The standard InChI is InChI=1S/C2HF3N4.Na/c3-2(4,5)1-6-8-9-7-1;/h(H,6,7,8,9);. The second-order valence-corrected chi connectivity index (χ2v) is 1.23. The van der Waals surface area contributed by atoms with Crippen molar-refractivity contribution in [1.82, 2.24) is 20.6 Å². The zero-order chi connectivity index (χ0) is 6.91. The van der Waals surface area contributed by atoms with Crippen LogP contribution in [-0.4, -0.2) is 50.2 Å². The number of nitrogens with zero attached hydrogens (tertiary/aromatic N) is 3. The molecule has 1 radical (unpaired) electrons. The second-order valence-electron chi connectivity index (χ2n) is 1.23. The first-order valence-electron chi connectivity index (χ1n) is 1.91. The Kier molecular flexibility index (Phi) is 3.26. The number of nitrogens with one attached hydrogen (secondary N) is 1. The van der Waals surface area contributed by atoms with Crippen LogP contribution in [0.1, 0.15) is 5.82 Å². The van der Waals surface area contributed by atoms with Gasteiger partial charge in [-0.1, -0.05) is 0 Å². The van der Waals surface area contributed by atoms with Crippen molar-refractivity contribution in [2.24, 2.45) is 0 Å². The van der Waals surface area contributed by atoms with Crippen molar-refractivity contribution in [3.05, 3.63) is 5.82 Å². The molecule has 4 nitrogen and oxygen atoms in total. The summed E-state index contributed by atoms with van der Waals surface area (Å²) < 4.78 is 34.3. The number of aromatic amines is 1. The van der Waals surface area contributed by atoms with E-state index in [0.717, 1.165) is 0 Å². The van der Waals surface area contributed by atoms with Crippen molar-refractivity contribution in [2.45, 2.75) is 6.18 Å². The van der Waals surface area contributed by atoms with Crippen molar-refractivity contribution in [3.63, 3.8) is 0 Å². The Morgan fingerprint density at radius 3 is 2.10 bits per heavy atom. The van der Waals surface area contributed by atoms with E-state index in [1.165, 1.54) is 0 Å². The summed E-state index contributed by atoms with van der Waals surface area (Å²) in [6.45, 7) is 0. The molecular formula is C2HF3N4Na. The van der Waals surface area contributed by atoms with Crippen LogP contribution in [0.15, 0.2) is 0 Å². The van der Waals surface area contributed by atoms with Gasteiger partial charge >= 0.3 is 6.18 Å². The molecule has 8 heteroatoms. The molecule has 0 saturated heterocycles. The molecule has 0 aliphatic heterocycles. The summed E-state index contributed by atoms with van der Waals surface area (Å²) in [5.74, 6) is -1.25. The molecule has 1 heterocycles. The minimum atomic E-state index is -4.49. The molecule has 0 saturated carbocycles. The van der Waals surface area contributed by atoms with E-state index in [1.807, 2.05) is 0 Å². The van der Waals surface area contributed by atoms with Gasteiger partial charge in [0.25, 0.3) is 5.82 Å². The third-order valence-electron chi connectivity index (χ3n) is 0.599. The molecule has 0 spiro atoms. The number of hydrogen-bond acceptors (Lipinski definition) is 3. The maximum atomic E-state index is 11.4. The average molecular weight is 161 g/mol. The summed E-state index contributed by atoms with van der Waals surface area (Å²) in [5.41, 5.74) is 0. The minimum absolute atomic E-state index is 0. The fraction of sp³-hybridized carbons (Fsp3) is 0.500. The van der Waals surface area contributed by atoms with E-state index in [1.54, 1.807) is 5.21 Å². The third kappa shape index (κ3) is 2.24. The topological polar surface area (TPSA) is 54.5 Å². The Labute approximate surface area is 75.5 Å². The van der Waals surface area contributed by atoms with E-state index >= 15 is 0 Å². The van der Waals surface area contributed by atoms with Gasteiger partial charge in [0.1, 0.15) is 0 Å². The van der Waals surface area contributed by atoms with Crippen LogP contribution in [-0.2, 0) is 6.18 Å². The number of H-pyrrole nitrogens is 1. The van der Waals surface area contributed by atoms with Crippen molar-refractivity contribution >= 4 is 29.6 Å². The predicted molar refractivity (Wildman–Crippen MR) is 24.9 cm³/mol. The second kappa shape index (κ2) is 3.31. The van der Waals surface area contributed by atoms with Gasteiger partial charge in [0.05, 0.1) is 0 Å². The summed E-state index contributed by atoms with van der Waals surface area (Å²) in [6, 6.07) is 0. The van der Waals surface area contributed by atoms with Gasteiger partial charge in [0.15, 0.2) is 0 Å². The number of halogens is 3. The molecule has 0 aliphatic carbocycles. The summed E-state index contributed by atoms with van der Waals surface area (Å²) >= 11 is 0. The van der Waals surface area contributed by atoms with Crippen LogP contribution in [0.4, 0.5) is 13.2 Å². The van der Waals surface area contributed by atoms with Gasteiger partial charge in [-0.25, -0.2) is 0 Å². The zero-order valence-electron chi connectivity index (χ0n) is 4.98. The van der Waals surface area contributed by atoms with Gasteiger partial charge < -0.3 is 0 Å². The van der Waals surface area contributed by atoms with E-state index in [2.05, 4.69) is 15.4 Å². The molecule has 10 heavy (non-hydrogen) atoms. The number of rotatable bonds is 0. The maximum absolute atomic E-state index is 11.4. The quantitative estimate of drug-likeness (QED) is 0.537. The first-order chi connectivity index (χ1) is 4.11. The van der Waals surface area contributed by atoms with Crippen LogP contribution in [0.5, 0.6) is 0 Å². The normalized spacial score (nSPS) is 10.7. The Morgan fingerprint density at radius 2 is 1.90 bits per heavy atom. The van der Waals surface area contributed by atoms with Crippen LogP contribution in [0, 0.1) is 0 Å². The maximum Gasteiger partial charge on any atom is 0.455 e. The van der Waals surface area contributed by atoms with Gasteiger partial charge in [-0.3, -0.25) is 0 Å². The van der Waals surface area contributed by atoms with E-state index < -0.39 is 12.0 Å². The molecule has 1 N–H and O–H groups in total. The van der Waals surface area contributed by atoms with Crippen molar-refractivity contribution in [2.75, 3.05) is 0 Å². The molecule has 0 aliphatic rings. The van der Waals surface area contributed by atoms with E-state index in [4.69, 9.17) is 0 Å². The molecule has 51 valence electrons. The fourth-order valence-electron chi connectivity index (χ4n) is 0.282. The zero-order valence-corrected chi connectivity index (χ0v) is 6.98. The van der Waals surface area contributed by atoms with Crippen molar-refractivity contribution in [3.8, 4) is 0 Å². The van der Waals surface area contributed by atoms with Crippen LogP contribution in [0.25, 0.3) is 0 Å². The fourth-order valence-corrected chi connectivity index (χ4v) is 0.282. The molecule has 0 atom stereocenters. The Hall–Kier alpha value is -0.140. The number of tetrazole rings is 1. The van der Waals surface area contributed by atoms with Gasteiger partial charge in [0.2, 0.25) is 0 Å². The third-order valence-corrected chi connectivity index (χ3v) is 0.599. The van der Waals surface area contributed by atoms with Crippen LogP contribution in [0.2, 0.25) is 0 Å². The number of hydrogen-bond donors (Lipinski definition) is 1. The summed E-state index contributed by atoms with van der Waals surface area (Å²) in [4.78, 5) is 0.